The molecule has 0 bridgehead atoms. The molecular weight excluding hydrogens is 502 g/mol. The van der Waals surface area contributed by atoms with E-state index in [1.54, 1.807) is 18.6 Å². The molecule has 2 fully saturated rings. The summed E-state index contributed by atoms with van der Waals surface area (Å²) >= 11 is 1.45. The molecule has 3 N–H and O–H groups in total. The van der Waals surface area contributed by atoms with Gasteiger partial charge in [0.15, 0.2) is 0 Å². The first-order chi connectivity index (χ1) is 18.5. The zero-order valence-corrected chi connectivity index (χ0v) is 21.7. The molecule has 11 heteroatoms. The summed E-state index contributed by atoms with van der Waals surface area (Å²) in [6.07, 6.45) is 6.84. The number of thiazole rings is 1. The van der Waals surface area contributed by atoms with Crippen molar-refractivity contribution in [2.75, 3.05) is 38.0 Å². The molecule has 2 aliphatic heterocycles. The Morgan fingerprint density at radius 3 is 2.71 bits per heavy atom. The van der Waals surface area contributed by atoms with Gasteiger partial charge in [-0.2, -0.15) is 5.10 Å². The molecule has 1 atom stereocenters. The number of aromatic amines is 1. The molecule has 5 heterocycles. The molecule has 0 saturated carbocycles. The zero-order valence-electron chi connectivity index (χ0n) is 20.8. The topological polar surface area (TPSA) is 127 Å². The van der Waals surface area contributed by atoms with Crippen LogP contribution in [0, 0.1) is 5.92 Å². The predicted octanol–water partition coefficient (Wildman–Crippen LogP) is 2.85. The largest absolute Gasteiger partial charge is 0.383 e. The van der Waals surface area contributed by atoms with Gasteiger partial charge in [-0.25, -0.2) is 4.98 Å². The van der Waals surface area contributed by atoms with Crippen LogP contribution in [0.5, 0.6) is 0 Å². The maximum absolute atomic E-state index is 13.1. The van der Waals surface area contributed by atoms with Gasteiger partial charge in [0.25, 0.3) is 0 Å². The first kappa shape index (κ1) is 24.7. The van der Waals surface area contributed by atoms with E-state index in [1.807, 2.05) is 40.6 Å². The fraction of sp³-hybridized carbons (Fsp3) is 0.370. The molecule has 10 nitrogen and oxygen atoms in total. The van der Waals surface area contributed by atoms with Crippen molar-refractivity contribution in [2.45, 2.75) is 24.9 Å². The lowest BCUT2D eigenvalue weighted by molar-refractivity contribution is -0.137. The van der Waals surface area contributed by atoms with Crippen molar-refractivity contribution in [1.29, 1.82) is 0 Å². The number of fused-ring (bicyclic) bond motifs is 1. The molecule has 0 aliphatic carbocycles. The van der Waals surface area contributed by atoms with Gasteiger partial charge in [0, 0.05) is 73.1 Å². The Bertz CT molecular complexity index is 1430. The van der Waals surface area contributed by atoms with E-state index < -0.39 is 5.60 Å². The molecule has 1 aromatic carbocycles. The Kier molecular flexibility index (Phi) is 6.64. The van der Waals surface area contributed by atoms with Crippen LogP contribution in [0.25, 0.3) is 22.2 Å². The van der Waals surface area contributed by atoms with Crippen molar-refractivity contribution in [3.63, 3.8) is 0 Å². The second-order valence-corrected chi connectivity index (χ2v) is 10.9. The highest BCUT2D eigenvalue weighted by molar-refractivity contribution is 7.09. The highest BCUT2D eigenvalue weighted by Crippen LogP contribution is 2.34. The third kappa shape index (κ3) is 4.92. The predicted molar refractivity (Wildman–Crippen MR) is 144 cm³/mol. The Morgan fingerprint density at radius 1 is 1.13 bits per heavy atom. The summed E-state index contributed by atoms with van der Waals surface area (Å²) in [6, 6.07) is 9.53. The Labute approximate surface area is 223 Å². The fourth-order valence-corrected chi connectivity index (χ4v) is 6.14. The average molecular weight is 532 g/mol. The summed E-state index contributed by atoms with van der Waals surface area (Å²) in [5.41, 5.74) is 2.43. The molecule has 2 aliphatic rings. The number of aliphatic hydroxyl groups is 1. The van der Waals surface area contributed by atoms with Gasteiger partial charge in [-0.3, -0.25) is 24.6 Å². The van der Waals surface area contributed by atoms with Crippen LogP contribution in [0.15, 0.2) is 54.3 Å². The number of anilines is 1. The maximum atomic E-state index is 13.1. The van der Waals surface area contributed by atoms with Crippen molar-refractivity contribution in [3.8, 4) is 11.3 Å². The van der Waals surface area contributed by atoms with Crippen molar-refractivity contribution < 1.29 is 14.7 Å². The minimum Gasteiger partial charge on any atom is -0.383 e. The SMILES string of the molecule is O=C(Nc1ccc2[nH]nc(-c3ccncc3)c2c1)[C@@H]1CCN(CC(=O)N2CCC(O)(c3nccs3)CC2)C1. The van der Waals surface area contributed by atoms with Gasteiger partial charge in [-0.1, -0.05) is 0 Å². The van der Waals surface area contributed by atoms with E-state index in [0.717, 1.165) is 32.9 Å². The number of aromatic nitrogens is 4. The minimum absolute atomic E-state index is 0.0419. The summed E-state index contributed by atoms with van der Waals surface area (Å²) in [6.45, 7) is 2.55. The van der Waals surface area contributed by atoms with Crippen molar-refractivity contribution in [1.82, 2.24) is 30.0 Å². The van der Waals surface area contributed by atoms with Crippen LogP contribution in [0.2, 0.25) is 0 Å². The van der Waals surface area contributed by atoms with Crippen LogP contribution in [0.3, 0.4) is 0 Å². The number of carbonyl (C=O) groups is 2. The van der Waals surface area contributed by atoms with E-state index in [4.69, 9.17) is 0 Å². The summed E-state index contributed by atoms with van der Waals surface area (Å²) in [5.74, 6) is -0.181. The molecule has 2 saturated heterocycles. The highest BCUT2D eigenvalue weighted by atomic mass is 32.1. The number of likely N-dealkylation sites (tertiary alicyclic amines) is 2. The monoisotopic (exact) mass is 531 g/mol. The average Bonchev–Trinajstić information content (AvgIpc) is 3.71. The first-order valence-corrected chi connectivity index (χ1v) is 13.7. The van der Waals surface area contributed by atoms with Crippen LogP contribution in [-0.2, 0) is 15.2 Å². The van der Waals surface area contributed by atoms with Gasteiger partial charge in [0.05, 0.1) is 18.0 Å². The van der Waals surface area contributed by atoms with E-state index in [0.29, 0.717) is 45.4 Å². The summed E-state index contributed by atoms with van der Waals surface area (Å²) in [4.78, 5) is 38.2. The third-order valence-electron chi connectivity index (χ3n) is 7.56. The maximum Gasteiger partial charge on any atom is 0.236 e. The number of piperidine rings is 1. The van der Waals surface area contributed by atoms with E-state index in [-0.39, 0.29) is 24.3 Å². The Morgan fingerprint density at radius 2 is 1.95 bits per heavy atom. The summed E-state index contributed by atoms with van der Waals surface area (Å²) in [5, 5.41) is 24.9. The molecule has 4 aromatic rings. The number of carbonyl (C=O) groups excluding carboxylic acids is 2. The Hall–Kier alpha value is -3.67. The summed E-state index contributed by atoms with van der Waals surface area (Å²) in [7, 11) is 0. The summed E-state index contributed by atoms with van der Waals surface area (Å²) < 4.78 is 0. The highest BCUT2D eigenvalue weighted by Gasteiger charge is 2.38. The molecule has 2 amide bonds. The Balaban J connectivity index is 1.03. The number of nitrogens with zero attached hydrogens (tertiary/aromatic N) is 5. The number of rotatable bonds is 6. The van der Waals surface area contributed by atoms with Gasteiger partial charge < -0.3 is 15.3 Å². The van der Waals surface area contributed by atoms with Gasteiger partial charge >= 0.3 is 0 Å². The van der Waals surface area contributed by atoms with Crippen molar-refractivity contribution in [2.24, 2.45) is 5.92 Å². The number of pyridine rings is 1. The molecule has 196 valence electrons. The minimum atomic E-state index is -0.944. The molecule has 3 aromatic heterocycles. The number of nitrogens with one attached hydrogen (secondary N) is 2. The number of amides is 2. The zero-order chi connectivity index (χ0) is 26.1. The lowest BCUT2D eigenvalue weighted by Gasteiger charge is -2.37. The quantitative estimate of drug-likeness (QED) is 0.349. The number of hydrogen-bond donors (Lipinski definition) is 3. The molecule has 0 radical (unpaired) electrons. The molecule has 0 unspecified atom stereocenters. The lowest BCUT2D eigenvalue weighted by Crippen LogP contribution is -2.48. The lowest BCUT2D eigenvalue weighted by atomic mass is 9.92. The number of benzene rings is 1. The standard InChI is InChI=1S/C27H29N7O3S/c35-23(34-12-6-27(37,7-13-34)26-29-10-14-38-26)17-33-11-5-19(16-33)25(36)30-20-1-2-22-21(15-20)24(32-31-22)18-3-8-28-9-4-18/h1-4,8-10,14-15,19,37H,5-7,11-13,16-17H2,(H,30,36)(H,31,32)/t19-/m1/s1. The van der Waals surface area contributed by atoms with Crippen LogP contribution in [-0.4, -0.2) is 79.6 Å². The van der Waals surface area contributed by atoms with E-state index in [9.17, 15) is 14.7 Å². The van der Waals surface area contributed by atoms with E-state index in [2.05, 4.69) is 30.4 Å². The smallest absolute Gasteiger partial charge is 0.236 e. The molecule has 0 spiro atoms. The molecular formula is C27H29N7O3S. The van der Waals surface area contributed by atoms with Crippen LogP contribution >= 0.6 is 11.3 Å². The first-order valence-electron chi connectivity index (χ1n) is 12.8. The van der Waals surface area contributed by atoms with Crippen LogP contribution in [0.1, 0.15) is 24.3 Å². The van der Waals surface area contributed by atoms with Gasteiger partial charge in [0.1, 0.15) is 16.3 Å². The fourth-order valence-electron chi connectivity index (χ4n) is 5.34. The second-order valence-electron chi connectivity index (χ2n) is 10.0. The van der Waals surface area contributed by atoms with E-state index >= 15 is 0 Å². The van der Waals surface area contributed by atoms with Gasteiger partial charge in [0.2, 0.25) is 11.8 Å². The molecule has 6 rings (SSSR count). The second kappa shape index (κ2) is 10.2. The normalized spacial score (nSPS) is 19.6. The number of hydrogen-bond acceptors (Lipinski definition) is 8. The number of H-pyrrole nitrogens is 1. The van der Waals surface area contributed by atoms with Crippen molar-refractivity contribution >= 4 is 39.7 Å². The third-order valence-corrected chi connectivity index (χ3v) is 8.53. The van der Waals surface area contributed by atoms with Crippen molar-refractivity contribution in [3.05, 3.63) is 59.3 Å². The van der Waals surface area contributed by atoms with Crippen LogP contribution in [0.4, 0.5) is 5.69 Å². The van der Waals surface area contributed by atoms with Crippen LogP contribution < -0.4 is 5.32 Å². The van der Waals surface area contributed by atoms with Gasteiger partial charge in [-0.05, 0) is 43.3 Å². The van der Waals surface area contributed by atoms with E-state index in [1.165, 1.54) is 11.3 Å². The molecule has 38 heavy (non-hydrogen) atoms. The van der Waals surface area contributed by atoms with Gasteiger partial charge in [-0.15, -0.1) is 11.3 Å².